The van der Waals surface area contributed by atoms with E-state index in [2.05, 4.69) is 9.88 Å². The lowest BCUT2D eigenvalue weighted by Crippen LogP contribution is -2.46. The van der Waals surface area contributed by atoms with Crippen molar-refractivity contribution in [3.63, 3.8) is 0 Å². The Balaban J connectivity index is 1.69. The van der Waals surface area contributed by atoms with E-state index in [0.29, 0.717) is 31.9 Å². The number of carbonyl (C=O) groups is 1. The van der Waals surface area contributed by atoms with E-state index < -0.39 is 6.10 Å². The number of nitrogens with zero attached hydrogens (tertiary/aromatic N) is 1. The summed E-state index contributed by atoms with van der Waals surface area (Å²) in [7, 11) is 0. The van der Waals surface area contributed by atoms with Crippen LogP contribution in [0, 0.1) is 0 Å². The Labute approximate surface area is 152 Å². The number of aromatic nitrogens is 1. The third-order valence-electron chi connectivity index (χ3n) is 5.00. The van der Waals surface area contributed by atoms with Crippen LogP contribution < -0.4 is 0 Å². The summed E-state index contributed by atoms with van der Waals surface area (Å²) >= 11 is 0. The van der Waals surface area contributed by atoms with Crippen molar-refractivity contribution in [3.8, 4) is 0 Å². The van der Waals surface area contributed by atoms with Crippen LogP contribution in [0.1, 0.15) is 22.0 Å². The molecule has 4 rings (SSSR count). The maximum atomic E-state index is 13.1. The molecule has 0 saturated carbocycles. The summed E-state index contributed by atoms with van der Waals surface area (Å²) < 4.78 is 5.44. The molecule has 1 aliphatic rings. The predicted octanol–water partition coefficient (Wildman–Crippen LogP) is 2.79. The number of H-pyrrole nitrogens is 1. The fraction of sp³-hybridized carbons (Fsp3) is 0.286. The van der Waals surface area contributed by atoms with Crippen molar-refractivity contribution in [1.82, 2.24) is 9.88 Å². The van der Waals surface area contributed by atoms with Crippen LogP contribution in [-0.4, -0.2) is 53.2 Å². The lowest BCUT2D eigenvalue weighted by molar-refractivity contribution is -0.0172. The van der Waals surface area contributed by atoms with Crippen LogP contribution in [0.3, 0.4) is 0 Å². The van der Waals surface area contributed by atoms with Crippen molar-refractivity contribution < 1.29 is 14.6 Å². The van der Waals surface area contributed by atoms with E-state index in [1.807, 2.05) is 54.6 Å². The number of hydrogen-bond donors (Lipinski definition) is 2. The molecule has 3 aromatic rings. The zero-order chi connectivity index (χ0) is 17.9. The minimum absolute atomic E-state index is 0.261. The molecule has 0 spiro atoms. The number of hydrogen-bond acceptors (Lipinski definition) is 4. The van der Waals surface area contributed by atoms with E-state index in [1.165, 1.54) is 0 Å². The second kappa shape index (κ2) is 7.41. The van der Waals surface area contributed by atoms with Gasteiger partial charge >= 0.3 is 0 Å². The molecule has 5 heteroatoms. The number of ketones is 1. The Morgan fingerprint density at radius 2 is 1.73 bits per heavy atom. The largest absolute Gasteiger partial charge is 0.383 e. The number of aliphatic hydroxyl groups is 1. The van der Waals surface area contributed by atoms with Gasteiger partial charge in [-0.15, -0.1) is 0 Å². The smallest absolute Gasteiger partial charge is 0.195 e. The molecule has 1 aliphatic heterocycles. The van der Waals surface area contributed by atoms with Gasteiger partial charge in [-0.3, -0.25) is 9.69 Å². The molecule has 2 heterocycles. The number of rotatable bonds is 5. The molecule has 1 aromatic heterocycles. The Morgan fingerprint density at radius 1 is 1.04 bits per heavy atom. The van der Waals surface area contributed by atoms with Gasteiger partial charge in [-0.25, -0.2) is 0 Å². The van der Waals surface area contributed by atoms with Crippen molar-refractivity contribution in [3.05, 3.63) is 71.9 Å². The number of Topliss-reactive ketones (excluding diaryl/α,β-unsaturated/α-hetero) is 1. The zero-order valence-corrected chi connectivity index (χ0v) is 14.5. The molecule has 2 aromatic carbocycles. The van der Waals surface area contributed by atoms with E-state index in [0.717, 1.165) is 16.5 Å². The van der Waals surface area contributed by atoms with E-state index in [9.17, 15) is 9.90 Å². The van der Waals surface area contributed by atoms with Gasteiger partial charge in [-0.1, -0.05) is 48.5 Å². The van der Waals surface area contributed by atoms with Crippen molar-refractivity contribution in [2.24, 2.45) is 0 Å². The van der Waals surface area contributed by atoms with Crippen LogP contribution in [0.5, 0.6) is 0 Å². The van der Waals surface area contributed by atoms with Gasteiger partial charge in [-0.05, 0) is 11.6 Å². The first-order valence-corrected chi connectivity index (χ1v) is 8.91. The quantitative estimate of drug-likeness (QED) is 0.695. The fourth-order valence-electron chi connectivity index (χ4n) is 3.68. The zero-order valence-electron chi connectivity index (χ0n) is 14.5. The average Bonchev–Trinajstić information content (AvgIpc) is 3.13. The van der Waals surface area contributed by atoms with Crippen LogP contribution in [0.15, 0.2) is 60.8 Å². The van der Waals surface area contributed by atoms with Crippen LogP contribution in [0.25, 0.3) is 10.9 Å². The second-order valence-corrected chi connectivity index (χ2v) is 6.56. The average molecular weight is 350 g/mol. The van der Waals surface area contributed by atoms with E-state index in [1.54, 1.807) is 6.20 Å². The number of carbonyl (C=O) groups excluding carboxylic acids is 1. The number of ether oxygens (including phenoxy) is 1. The molecule has 0 unspecified atom stereocenters. The van der Waals surface area contributed by atoms with Gasteiger partial charge in [0.15, 0.2) is 5.78 Å². The lowest BCUT2D eigenvalue weighted by atomic mass is 9.93. The Kier molecular flexibility index (Phi) is 4.84. The third-order valence-corrected chi connectivity index (χ3v) is 5.00. The molecular weight excluding hydrogens is 328 g/mol. The molecule has 134 valence electrons. The Hall–Kier alpha value is -2.47. The molecule has 0 amide bonds. The van der Waals surface area contributed by atoms with Gasteiger partial charge in [0.1, 0.15) is 6.10 Å². The second-order valence-electron chi connectivity index (χ2n) is 6.56. The summed E-state index contributed by atoms with van der Waals surface area (Å²) in [5.41, 5.74) is 2.36. The van der Waals surface area contributed by atoms with Crippen molar-refractivity contribution >= 4 is 16.7 Å². The fourth-order valence-corrected chi connectivity index (χ4v) is 3.68. The molecule has 1 saturated heterocycles. The highest BCUT2D eigenvalue weighted by Gasteiger charge is 2.34. The minimum atomic E-state index is -1.14. The summed E-state index contributed by atoms with van der Waals surface area (Å²) in [5, 5.41) is 11.9. The topological polar surface area (TPSA) is 65.6 Å². The molecule has 2 atom stereocenters. The summed E-state index contributed by atoms with van der Waals surface area (Å²) in [6.45, 7) is 2.60. The predicted molar refractivity (Wildman–Crippen MR) is 100 cm³/mol. The van der Waals surface area contributed by atoms with Crippen LogP contribution in [0.2, 0.25) is 0 Å². The van der Waals surface area contributed by atoms with Crippen LogP contribution >= 0.6 is 0 Å². The normalized spacial score (nSPS) is 17.9. The first kappa shape index (κ1) is 17.0. The van der Waals surface area contributed by atoms with Crippen molar-refractivity contribution in [2.45, 2.75) is 12.1 Å². The number of para-hydroxylation sites is 1. The van der Waals surface area contributed by atoms with E-state index >= 15 is 0 Å². The van der Waals surface area contributed by atoms with Crippen LogP contribution in [-0.2, 0) is 4.74 Å². The van der Waals surface area contributed by atoms with E-state index in [4.69, 9.17) is 4.74 Å². The van der Waals surface area contributed by atoms with Gasteiger partial charge in [0.25, 0.3) is 0 Å². The number of aromatic amines is 1. The van der Waals surface area contributed by atoms with Crippen molar-refractivity contribution in [1.29, 1.82) is 0 Å². The maximum absolute atomic E-state index is 13.1. The maximum Gasteiger partial charge on any atom is 0.195 e. The highest BCUT2D eigenvalue weighted by atomic mass is 16.5. The number of benzene rings is 2. The van der Waals surface area contributed by atoms with Gasteiger partial charge in [0, 0.05) is 35.8 Å². The molecule has 26 heavy (non-hydrogen) atoms. The Bertz CT molecular complexity index is 884. The highest BCUT2D eigenvalue weighted by molar-refractivity contribution is 6.10. The SMILES string of the molecule is O=C(c1c[nH]c2ccccc12)[C@H](O)[C@H](c1ccccc1)N1CCOCC1. The number of fused-ring (bicyclic) bond motifs is 1. The van der Waals surface area contributed by atoms with Crippen molar-refractivity contribution in [2.75, 3.05) is 26.3 Å². The molecule has 0 radical (unpaired) electrons. The van der Waals surface area contributed by atoms with Gasteiger partial charge in [0.05, 0.1) is 19.3 Å². The first-order valence-electron chi connectivity index (χ1n) is 8.91. The molecule has 1 fully saturated rings. The molecule has 0 bridgehead atoms. The number of nitrogens with one attached hydrogen (secondary N) is 1. The molecular formula is C21H22N2O3. The monoisotopic (exact) mass is 350 g/mol. The summed E-state index contributed by atoms with van der Waals surface area (Å²) in [5.74, 6) is -0.261. The number of aliphatic hydroxyl groups excluding tert-OH is 1. The Morgan fingerprint density at radius 3 is 2.50 bits per heavy atom. The minimum Gasteiger partial charge on any atom is -0.383 e. The first-order chi connectivity index (χ1) is 12.8. The van der Waals surface area contributed by atoms with Gasteiger partial charge in [-0.2, -0.15) is 0 Å². The number of morpholine rings is 1. The molecule has 2 N–H and O–H groups in total. The third kappa shape index (κ3) is 3.17. The molecule has 0 aliphatic carbocycles. The summed E-state index contributed by atoms with van der Waals surface area (Å²) in [4.78, 5) is 18.4. The standard InChI is InChI=1S/C21H22N2O3/c24-20(17-14-22-18-9-5-4-8-16(17)18)21(25)19(15-6-2-1-3-7-15)23-10-12-26-13-11-23/h1-9,14,19,21-22,25H,10-13H2/t19-,21+/m0/s1. The highest BCUT2D eigenvalue weighted by Crippen LogP contribution is 2.29. The summed E-state index contributed by atoms with van der Waals surface area (Å²) in [6, 6.07) is 17.0. The van der Waals surface area contributed by atoms with Gasteiger partial charge < -0.3 is 14.8 Å². The lowest BCUT2D eigenvalue weighted by Gasteiger charge is -2.36. The van der Waals surface area contributed by atoms with E-state index in [-0.39, 0.29) is 11.8 Å². The van der Waals surface area contributed by atoms with Gasteiger partial charge in [0.2, 0.25) is 0 Å². The molecule has 5 nitrogen and oxygen atoms in total. The van der Waals surface area contributed by atoms with Crippen LogP contribution in [0.4, 0.5) is 0 Å². The summed E-state index contributed by atoms with van der Waals surface area (Å²) in [6.07, 6.45) is 0.548.